The number of hydrogen-bond acceptors (Lipinski definition) is 3. The number of benzene rings is 1. The van der Waals surface area contributed by atoms with Crippen LogP contribution in [0.4, 0.5) is 0 Å². The first-order chi connectivity index (χ1) is 20.8. The van der Waals surface area contributed by atoms with Crippen LogP contribution in [0.1, 0.15) is 175 Å². The largest absolute Gasteiger partial charge is 0.465 e. The minimum atomic E-state index is 0.735. The van der Waals surface area contributed by atoms with Crippen molar-refractivity contribution in [3.8, 4) is 17.2 Å². The summed E-state index contributed by atoms with van der Waals surface area (Å²) in [5, 5.41) is 0. The van der Waals surface area contributed by atoms with Gasteiger partial charge in [0.15, 0.2) is 0 Å². The van der Waals surface area contributed by atoms with Gasteiger partial charge in [0, 0.05) is 18.2 Å². The molecule has 0 aliphatic heterocycles. The van der Waals surface area contributed by atoms with Crippen LogP contribution in [0, 0.1) is 0 Å². The molecule has 0 amide bonds. The Bertz CT molecular complexity index is 678. The molecule has 0 bridgehead atoms. The van der Waals surface area contributed by atoms with Crippen LogP contribution in [0.15, 0.2) is 55.2 Å². The van der Waals surface area contributed by atoms with Gasteiger partial charge in [-0.2, -0.15) is 0 Å². The van der Waals surface area contributed by atoms with Gasteiger partial charge in [0.1, 0.15) is 17.2 Å². The third-order valence-corrected chi connectivity index (χ3v) is 7.68. The predicted molar refractivity (Wildman–Crippen MR) is 184 cm³/mol. The van der Waals surface area contributed by atoms with E-state index in [4.69, 9.17) is 14.2 Å². The van der Waals surface area contributed by atoms with Crippen LogP contribution in [-0.4, -0.2) is 0 Å². The van der Waals surface area contributed by atoms with Crippen LogP contribution in [0.5, 0.6) is 17.2 Å². The smallest absolute Gasteiger partial charge is 0.133 e. The Balaban J connectivity index is 2.50. The first kappa shape index (κ1) is 37.9. The van der Waals surface area contributed by atoms with Gasteiger partial charge in [-0.15, -0.1) is 0 Å². The molecule has 0 saturated carbocycles. The van der Waals surface area contributed by atoms with E-state index in [1.54, 1.807) is 0 Å². The predicted octanol–water partition coefficient (Wildman–Crippen LogP) is 13.8. The van der Waals surface area contributed by atoms with Crippen molar-refractivity contribution < 1.29 is 14.2 Å². The normalized spacial score (nSPS) is 11.8. The second-order valence-corrected chi connectivity index (χ2v) is 11.8. The van der Waals surface area contributed by atoms with Gasteiger partial charge in [-0.25, -0.2) is 0 Å². The quantitative estimate of drug-likeness (QED) is 0.0667. The summed E-state index contributed by atoms with van der Waals surface area (Å²) >= 11 is 0. The highest BCUT2D eigenvalue weighted by atomic mass is 16.5. The first-order valence-electron chi connectivity index (χ1n) is 17.9. The van der Waals surface area contributed by atoms with Crippen LogP contribution in [0.2, 0.25) is 0 Å². The van der Waals surface area contributed by atoms with E-state index in [2.05, 4.69) is 39.0 Å². The van der Waals surface area contributed by atoms with Gasteiger partial charge < -0.3 is 14.2 Å². The van der Waals surface area contributed by atoms with Gasteiger partial charge in [-0.05, 0) is 56.8 Å². The van der Waals surface area contributed by atoms with Crippen molar-refractivity contribution in [3.63, 3.8) is 0 Å². The molecule has 42 heavy (non-hydrogen) atoms. The van der Waals surface area contributed by atoms with E-state index >= 15 is 0 Å². The summed E-state index contributed by atoms with van der Waals surface area (Å²) in [6.07, 6.45) is 42.8. The minimum Gasteiger partial charge on any atom is -0.465 e. The van der Waals surface area contributed by atoms with E-state index < -0.39 is 0 Å². The molecule has 0 atom stereocenters. The molecule has 1 aromatic rings. The molecule has 1 aromatic carbocycles. The van der Waals surface area contributed by atoms with E-state index in [1.807, 2.05) is 37.0 Å². The third kappa shape index (κ3) is 24.4. The second-order valence-electron chi connectivity index (χ2n) is 11.8. The van der Waals surface area contributed by atoms with E-state index in [9.17, 15) is 0 Å². The van der Waals surface area contributed by atoms with Gasteiger partial charge in [-0.3, -0.25) is 0 Å². The highest BCUT2D eigenvalue weighted by Gasteiger charge is 2.03. The zero-order valence-electron chi connectivity index (χ0n) is 27.9. The zero-order chi connectivity index (χ0) is 30.2. The Morgan fingerprint density at radius 1 is 0.357 bits per heavy atom. The Hall–Kier alpha value is -2.16. The average molecular weight is 583 g/mol. The Labute approximate surface area is 261 Å². The molecule has 0 spiro atoms. The van der Waals surface area contributed by atoms with Gasteiger partial charge in [0.2, 0.25) is 0 Å². The van der Waals surface area contributed by atoms with E-state index in [0.29, 0.717) is 0 Å². The molecule has 240 valence electrons. The first-order valence-corrected chi connectivity index (χ1v) is 17.9. The van der Waals surface area contributed by atoms with Crippen molar-refractivity contribution >= 4 is 0 Å². The maximum Gasteiger partial charge on any atom is 0.133 e. The lowest BCUT2D eigenvalue weighted by Crippen LogP contribution is -1.90. The summed E-state index contributed by atoms with van der Waals surface area (Å²) in [5.74, 6) is 2.21. The van der Waals surface area contributed by atoms with Crippen molar-refractivity contribution in [2.24, 2.45) is 0 Å². The fourth-order valence-corrected chi connectivity index (χ4v) is 4.99. The number of rotatable bonds is 30. The highest BCUT2D eigenvalue weighted by molar-refractivity contribution is 5.43. The molecule has 0 heterocycles. The number of allylic oxidation sites excluding steroid dienone is 3. The second kappa shape index (κ2) is 30.3. The van der Waals surface area contributed by atoms with Gasteiger partial charge in [0.25, 0.3) is 0 Å². The molecule has 3 nitrogen and oxygen atoms in total. The summed E-state index contributed by atoms with van der Waals surface area (Å²) < 4.78 is 17.9. The molecule has 0 unspecified atom stereocenters. The number of ether oxygens (including phenoxy) is 3. The molecule has 0 aromatic heterocycles. The van der Waals surface area contributed by atoms with Crippen molar-refractivity contribution in [1.82, 2.24) is 0 Å². The van der Waals surface area contributed by atoms with Crippen molar-refractivity contribution in [1.29, 1.82) is 0 Å². The third-order valence-electron chi connectivity index (χ3n) is 7.68. The summed E-state index contributed by atoms with van der Waals surface area (Å²) in [6, 6.07) is 5.81. The monoisotopic (exact) mass is 583 g/mol. The van der Waals surface area contributed by atoms with Crippen LogP contribution in [-0.2, 0) is 0 Å². The lowest BCUT2D eigenvalue weighted by molar-refractivity contribution is 0.435. The lowest BCUT2D eigenvalue weighted by Gasteiger charge is -2.08. The number of unbranched alkanes of at least 4 members (excludes halogenated alkanes) is 21. The summed E-state index contributed by atoms with van der Waals surface area (Å²) in [6.45, 7) is 6.81. The molecule has 1 rings (SSSR count). The SMILES string of the molecule is CCCCCCCCCC=COc1cc(OC=CCCCCCCCCC)cc(OC=CCCCCCCCCC)c1. The van der Waals surface area contributed by atoms with Crippen molar-refractivity contribution in [3.05, 3.63) is 55.2 Å². The number of hydrogen-bond donors (Lipinski definition) is 0. The van der Waals surface area contributed by atoms with E-state index in [1.165, 1.54) is 135 Å². The molecule has 0 saturated heterocycles. The minimum absolute atomic E-state index is 0.735. The Morgan fingerprint density at radius 3 is 0.857 bits per heavy atom. The summed E-state index contributed by atoms with van der Waals surface area (Å²) in [4.78, 5) is 0. The van der Waals surface area contributed by atoms with E-state index in [-0.39, 0.29) is 0 Å². The van der Waals surface area contributed by atoms with Crippen LogP contribution in [0.3, 0.4) is 0 Å². The van der Waals surface area contributed by atoms with Crippen molar-refractivity contribution in [2.75, 3.05) is 0 Å². The Morgan fingerprint density at radius 2 is 0.595 bits per heavy atom. The maximum absolute atomic E-state index is 5.96. The van der Waals surface area contributed by atoms with Gasteiger partial charge in [0.05, 0.1) is 18.8 Å². The average Bonchev–Trinajstić information content (AvgIpc) is 3.00. The summed E-state index contributed by atoms with van der Waals surface area (Å²) in [7, 11) is 0. The molecule has 0 radical (unpaired) electrons. The standard InChI is InChI=1S/C39H66O3/c1-4-7-10-13-16-19-22-25-28-31-40-37-34-38(41-32-29-26-23-20-17-14-11-8-5-2)36-39(35-37)42-33-30-27-24-21-18-15-12-9-6-3/h28-36H,4-27H2,1-3H3. The fourth-order valence-electron chi connectivity index (χ4n) is 4.99. The highest BCUT2D eigenvalue weighted by Crippen LogP contribution is 2.29. The van der Waals surface area contributed by atoms with Crippen molar-refractivity contribution in [2.45, 2.75) is 175 Å². The lowest BCUT2D eigenvalue weighted by atomic mass is 10.1. The maximum atomic E-state index is 5.96. The summed E-state index contributed by atoms with van der Waals surface area (Å²) in [5.41, 5.74) is 0. The topological polar surface area (TPSA) is 27.7 Å². The van der Waals surface area contributed by atoms with Gasteiger partial charge >= 0.3 is 0 Å². The van der Waals surface area contributed by atoms with Crippen LogP contribution >= 0.6 is 0 Å². The molecule has 0 aliphatic rings. The van der Waals surface area contributed by atoms with Crippen LogP contribution in [0.25, 0.3) is 0 Å². The molecular formula is C39H66O3. The zero-order valence-corrected chi connectivity index (χ0v) is 27.9. The molecule has 0 aliphatic carbocycles. The fraction of sp³-hybridized carbons (Fsp3) is 0.692. The Kier molecular flexibility index (Phi) is 27.3. The molecule has 3 heteroatoms. The molecular weight excluding hydrogens is 516 g/mol. The van der Waals surface area contributed by atoms with Gasteiger partial charge in [-0.1, -0.05) is 136 Å². The molecule has 0 fully saturated rings. The van der Waals surface area contributed by atoms with Crippen LogP contribution < -0.4 is 14.2 Å². The molecule has 0 N–H and O–H groups in total. The van der Waals surface area contributed by atoms with E-state index in [0.717, 1.165) is 36.5 Å².